The summed E-state index contributed by atoms with van der Waals surface area (Å²) < 4.78 is 15.8. The van der Waals surface area contributed by atoms with Crippen molar-refractivity contribution in [2.75, 3.05) is 20.3 Å². The molecule has 0 heterocycles. The molecule has 0 aliphatic rings. The molecule has 0 amide bonds. The summed E-state index contributed by atoms with van der Waals surface area (Å²) in [6, 6.07) is 14.2. The fraction of sp³-hybridized carbons (Fsp3) is 0.176. The van der Waals surface area contributed by atoms with Crippen LogP contribution >= 0.6 is 0 Å². The highest BCUT2D eigenvalue weighted by molar-refractivity contribution is 5.89. The molecule has 6 heteroatoms. The number of carbonyl (C=O) groups excluding carboxylic acids is 1. The second kappa shape index (κ2) is 8.43. The number of hydrazone groups is 1. The molecule has 23 heavy (non-hydrogen) atoms. The quantitative estimate of drug-likeness (QED) is 0.278. The summed E-state index contributed by atoms with van der Waals surface area (Å²) in [4.78, 5) is 11.4. The van der Waals surface area contributed by atoms with Crippen molar-refractivity contribution in [2.24, 2.45) is 10.9 Å². The monoisotopic (exact) mass is 314 g/mol. The molecule has 2 N–H and O–H groups in total. The Bertz CT molecular complexity index is 669. The van der Waals surface area contributed by atoms with Crippen molar-refractivity contribution in [3.05, 3.63) is 59.7 Å². The zero-order chi connectivity index (χ0) is 16.5. The first kappa shape index (κ1) is 16.4. The Kier molecular flexibility index (Phi) is 5.99. The first-order valence-electron chi connectivity index (χ1n) is 7.00. The number of nitrogens with two attached hydrogens (primary N) is 1. The van der Waals surface area contributed by atoms with E-state index < -0.39 is 5.97 Å². The van der Waals surface area contributed by atoms with Crippen LogP contribution in [0.2, 0.25) is 0 Å². The minimum Gasteiger partial charge on any atom is -0.490 e. The molecule has 0 bridgehead atoms. The third-order valence-electron chi connectivity index (χ3n) is 2.98. The number of methoxy groups -OCH3 is 1. The van der Waals surface area contributed by atoms with Crippen LogP contribution in [0.25, 0.3) is 0 Å². The van der Waals surface area contributed by atoms with Crippen molar-refractivity contribution in [1.29, 1.82) is 0 Å². The van der Waals surface area contributed by atoms with E-state index in [0.717, 1.165) is 11.3 Å². The molecule has 0 aliphatic heterocycles. The van der Waals surface area contributed by atoms with E-state index in [1.165, 1.54) is 7.11 Å². The zero-order valence-corrected chi connectivity index (χ0v) is 12.8. The van der Waals surface area contributed by atoms with Gasteiger partial charge in [0.2, 0.25) is 0 Å². The summed E-state index contributed by atoms with van der Waals surface area (Å²) in [6.07, 6.45) is 1.56. The van der Waals surface area contributed by atoms with Crippen LogP contribution < -0.4 is 15.3 Å². The van der Waals surface area contributed by atoms with Gasteiger partial charge in [-0.1, -0.05) is 6.07 Å². The van der Waals surface area contributed by atoms with Gasteiger partial charge in [-0.3, -0.25) is 0 Å². The van der Waals surface area contributed by atoms with Crippen LogP contribution in [0.5, 0.6) is 11.5 Å². The third-order valence-corrected chi connectivity index (χ3v) is 2.98. The average Bonchev–Trinajstić information content (AvgIpc) is 2.60. The maximum atomic E-state index is 11.4. The van der Waals surface area contributed by atoms with Crippen molar-refractivity contribution < 1.29 is 19.0 Å². The number of hydrogen-bond donors (Lipinski definition) is 1. The molecule has 2 rings (SSSR count). The molecule has 0 aliphatic carbocycles. The van der Waals surface area contributed by atoms with Crippen LogP contribution in [0, 0.1) is 0 Å². The Labute approximate surface area is 134 Å². The van der Waals surface area contributed by atoms with Gasteiger partial charge in [-0.05, 0) is 48.0 Å². The molecule has 0 unspecified atom stereocenters. The number of rotatable bonds is 7. The van der Waals surface area contributed by atoms with Gasteiger partial charge in [-0.2, -0.15) is 5.10 Å². The number of esters is 1. The fourth-order valence-electron chi connectivity index (χ4n) is 1.89. The van der Waals surface area contributed by atoms with Crippen molar-refractivity contribution in [3.63, 3.8) is 0 Å². The van der Waals surface area contributed by atoms with Crippen molar-refractivity contribution >= 4 is 12.2 Å². The van der Waals surface area contributed by atoms with E-state index in [9.17, 15) is 4.79 Å². The summed E-state index contributed by atoms with van der Waals surface area (Å²) in [7, 11) is 1.34. The molecule has 0 saturated carbocycles. The average molecular weight is 314 g/mol. The van der Waals surface area contributed by atoms with E-state index in [-0.39, 0.29) is 0 Å². The Hall–Kier alpha value is -3.02. The van der Waals surface area contributed by atoms with Crippen LogP contribution in [0.1, 0.15) is 15.9 Å². The molecule has 0 saturated heterocycles. The molecule has 0 spiro atoms. The van der Waals surface area contributed by atoms with E-state index in [1.807, 2.05) is 24.3 Å². The Morgan fingerprint density at radius 1 is 1.09 bits per heavy atom. The maximum absolute atomic E-state index is 11.4. The standard InChI is InChI=1S/C17H18N2O4/c1-21-17(20)14-3-2-4-16(11-14)23-10-9-22-15-7-5-13(6-8-15)12-19-18/h2-8,11-12H,9-10,18H2,1H3. The SMILES string of the molecule is COC(=O)c1cccc(OCCOc2ccc(C=NN)cc2)c1. The van der Waals surface area contributed by atoms with E-state index in [1.54, 1.807) is 30.5 Å². The summed E-state index contributed by atoms with van der Waals surface area (Å²) in [6.45, 7) is 0.739. The zero-order valence-electron chi connectivity index (χ0n) is 12.8. The first-order valence-corrected chi connectivity index (χ1v) is 7.00. The van der Waals surface area contributed by atoms with Crippen molar-refractivity contribution in [1.82, 2.24) is 0 Å². The normalized spacial score (nSPS) is 10.5. The maximum Gasteiger partial charge on any atom is 0.337 e. The van der Waals surface area contributed by atoms with E-state index in [4.69, 9.17) is 15.3 Å². The highest BCUT2D eigenvalue weighted by Gasteiger charge is 2.06. The van der Waals surface area contributed by atoms with Gasteiger partial charge < -0.3 is 20.1 Å². The largest absolute Gasteiger partial charge is 0.490 e. The van der Waals surface area contributed by atoms with Gasteiger partial charge in [0.25, 0.3) is 0 Å². The second-order valence-corrected chi connectivity index (χ2v) is 4.56. The lowest BCUT2D eigenvalue weighted by molar-refractivity contribution is 0.0600. The fourth-order valence-corrected chi connectivity index (χ4v) is 1.89. The van der Waals surface area contributed by atoms with Gasteiger partial charge in [0.1, 0.15) is 24.7 Å². The van der Waals surface area contributed by atoms with Crippen LogP contribution in [0.4, 0.5) is 0 Å². The van der Waals surface area contributed by atoms with Gasteiger partial charge in [-0.25, -0.2) is 4.79 Å². The number of ether oxygens (including phenoxy) is 3. The predicted octanol–water partition coefficient (Wildman–Crippen LogP) is 2.22. The lowest BCUT2D eigenvalue weighted by atomic mass is 10.2. The molecular formula is C17H18N2O4. The van der Waals surface area contributed by atoms with Crippen molar-refractivity contribution in [3.8, 4) is 11.5 Å². The highest BCUT2D eigenvalue weighted by Crippen LogP contribution is 2.15. The number of benzene rings is 2. The molecule has 120 valence electrons. The van der Waals surface area contributed by atoms with Gasteiger partial charge in [0.15, 0.2) is 0 Å². The van der Waals surface area contributed by atoms with Crippen LogP contribution in [0.3, 0.4) is 0 Å². The summed E-state index contributed by atoms with van der Waals surface area (Å²) in [5.74, 6) is 6.00. The number of nitrogens with zero attached hydrogens (tertiary/aromatic N) is 1. The summed E-state index contributed by atoms with van der Waals surface area (Å²) >= 11 is 0. The molecule has 0 atom stereocenters. The molecule has 2 aromatic carbocycles. The first-order chi connectivity index (χ1) is 11.2. The van der Waals surface area contributed by atoms with Gasteiger partial charge in [0, 0.05) is 0 Å². The predicted molar refractivity (Wildman–Crippen MR) is 87.0 cm³/mol. The second-order valence-electron chi connectivity index (χ2n) is 4.56. The lowest BCUT2D eigenvalue weighted by Gasteiger charge is -2.09. The van der Waals surface area contributed by atoms with E-state index in [2.05, 4.69) is 9.84 Å². The molecule has 0 radical (unpaired) electrons. The topological polar surface area (TPSA) is 83.1 Å². The molecule has 2 aromatic rings. The smallest absolute Gasteiger partial charge is 0.337 e. The molecule has 0 fully saturated rings. The Morgan fingerprint density at radius 2 is 1.78 bits per heavy atom. The summed E-state index contributed by atoms with van der Waals surface area (Å²) in [5.41, 5.74) is 1.35. The Balaban J connectivity index is 1.80. The highest BCUT2D eigenvalue weighted by atomic mass is 16.5. The van der Waals surface area contributed by atoms with Crippen LogP contribution in [-0.4, -0.2) is 32.5 Å². The summed E-state index contributed by atoms with van der Waals surface area (Å²) in [5, 5.41) is 3.45. The third kappa shape index (κ3) is 5.03. The van der Waals surface area contributed by atoms with Crippen LogP contribution in [-0.2, 0) is 4.74 Å². The van der Waals surface area contributed by atoms with E-state index in [0.29, 0.717) is 24.5 Å². The molecule has 6 nitrogen and oxygen atoms in total. The minimum absolute atomic E-state index is 0.358. The van der Waals surface area contributed by atoms with Crippen molar-refractivity contribution in [2.45, 2.75) is 0 Å². The lowest BCUT2D eigenvalue weighted by Crippen LogP contribution is -2.09. The van der Waals surface area contributed by atoms with Gasteiger partial charge in [-0.15, -0.1) is 0 Å². The molecular weight excluding hydrogens is 296 g/mol. The van der Waals surface area contributed by atoms with Gasteiger partial charge in [0.05, 0.1) is 18.9 Å². The minimum atomic E-state index is -0.396. The number of hydrogen-bond acceptors (Lipinski definition) is 6. The Morgan fingerprint density at radius 3 is 2.43 bits per heavy atom. The molecule has 0 aromatic heterocycles. The number of carbonyl (C=O) groups is 1. The van der Waals surface area contributed by atoms with Gasteiger partial charge >= 0.3 is 5.97 Å². The van der Waals surface area contributed by atoms with Crippen LogP contribution in [0.15, 0.2) is 53.6 Å². The van der Waals surface area contributed by atoms with E-state index >= 15 is 0 Å².